The highest BCUT2D eigenvalue weighted by atomic mass is 32.2. The lowest BCUT2D eigenvalue weighted by molar-refractivity contribution is -0.116. The highest BCUT2D eigenvalue weighted by Gasteiger charge is 2.30. The maximum absolute atomic E-state index is 13.0. The lowest BCUT2D eigenvalue weighted by Crippen LogP contribution is -2.36. The summed E-state index contributed by atoms with van der Waals surface area (Å²) >= 11 is 1.42. The van der Waals surface area contributed by atoms with Crippen LogP contribution in [0, 0.1) is 0 Å². The summed E-state index contributed by atoms with van der Waals surface area (Å²) in [6.07, 6.45) is 4.16. The fourth-order valence-electron chi connectivity index (χ4n) is 4.00. The first-order valence-electron chi connectivity index (χ1n) is 10.0. The van der Waals surface area contributed by atoms with Gasteiger partial charge in [0, 0.05) is 11.7 Å². The fraction of sp³-hybridized carbons (Fsp3) is 0.217. The van der Waals surface area contributed by atoms with E-state index in [2.05, 4.69) is 28.1 Å². The van der Waals surface area contributed by atoms with Gasteiger partial charge in [0.15, 0.2) is 5.65 Å². The number of thioether (sulfide) groups is 1. The number of hydrogen-bond donors (Lipinski definition) is 0. The molecule has 0 N–H and O–H groups in total. The summed E-state index contributed by atoms with van der Waals surface area (Å²) in [5.41, 5.74) is 3.82. The molecule has 0 spiro atoms. The van der Waals surface area contributed by atoms with E-state index in [9.17, 15) is 4.79 Å². The van der Waals surface area contributed by atoms with Crippen LogP contribution in [0.1, 0.15) is 12.5 Å². The van der Waals surface area contributed by atoms with Crippen LogP contribution in [-0.4, -0.2) is 44.6 Å². The molecule has 1 aliphatic heterocycles. The average molecular weight is 432 g/mol. The molecule has 0 radical (unpaired) electrons. The zero-order chi connectivity index (χ0) is 21.4. The van der Waals surface area contributed by atoms with Crippen LogP contribution < -0.4 is 9.64 Å². The first-order valence-corrected chi connectivity index (χ1v) is 11.0. The number of aromatic nitrogens is 4. The Morgan fingerprint density at radius 3 is 2.77 bits per heavy atom. The Kier molecular flexibility index (Phi) is 5.07. The number of fused-ring (bicyclic) bond motifs is 2. The van der Waals surface area contributed by atoms with Crippen LogP contribution in [0.15, 0.2) is 66.1 Å². The van der Waals surface area contributed by atoms with Crippen LogP contribution in [0.2, 0.25) is 0 Å². The van der Waals surface area contributed by atoms with Crippen molar-refractivity contribution in [2.24, 2.45) is 0 Å². The van der Waals surface area contributed by atoms with Gasteiger partial charge in [-0.25, -0.2) is 14.6 Å². The van der Waals surface area contributed by atoms with Gasteiger partial charge in [0.05, 0.1) is 30.1 Å². The molecule has 3 heterocycles. The Morgan fingerprint density at radius 2 is 1.97 bits per heavy atom. The molecule has 0 bridgehead atoms. The largest absolute Gasteiger partial charge is 0.497 e. The second-order valence-electron chi connectivity index (χ2n) is 7.40. The molecule has 1 atom stereocenters. The monoisotopic (exact) mass is 431 g/mol. The minimum Gasteiger partial charge on any atom is -0.497 e. The van der Waals surface area contributed by atoms with Crippen molar-refractivity contribution in [3.8, 4) is 11.4 Å². The van der Waals surface area contributed by atoms with E-state index in [1.54, 1.807) is 18.0 Å². The van der Waals surface area contributed by atoms with Gasteiger partial charge >= 0.3 is 0 Å². The van der Waals surface area contributed by atoms with Crippen molar-refractivity contribution in [3.63, 3.8) is 0 Å². The zero-order valence-corrected chi connectivity index (χ0v) is 18.0. The standard InChI is InChI=1S/C23H21N5O2S/c1-15-11-16-5-3-4-6-20(16)27(15)21(29)13-31-23-19-12-26-28(22(19)24-14-25-23)17-7-9-18(30-2)10-8-17/h3-10,12,14-15H,11,13H2,1-2H3/t15-/m0/s1. The summed E-state index contributed by atoms with van der Waals surface area (Å²) in [6.45, 7) is 2.09. The van der Waals surface area contributed by atoms with Gasteiger partial charge in [-0.2, -0.15) is 5.10 Å². The molecule has 1 aliphatic rings. The van der Waals surface area contributed by atoms with E-state index < -0.39 is 0 Å². The van der Waals surface area contributed by atoms with Crippen molar-refractivity contribution in [1.82, 2.24) is 19.7 Å². The van der Waals surface area contributed by atoms with E-state index in [0.29, 0.717) is 11.4 Å². The summed E-state index contributed by atoms with van der Waals surface area (Å²) in [5.74, 6) is 1.16. The van der Waals surface area contributed by atoms with Gasteiger partial charge < -0.3 is 9.64 Å². The molecule has 4 aromatic rings. The van der Waals surface area contributed by atoms with E-state index in [0.717, 1.165) is 34.0 Å². The van der Waals surface area contributed by atoms with Crippen molar-refractivity contribution in [1.29, 1.82) is 0 Å². The molecule has 31 heavy (non-hydrogen) atoms. The third kappa shape index (κ3) is 3.53. The number of hydrogen-bond acceptors (Lipinski definition) is 6. The second-order valence-corrected chi connectivity index (χ2v) is 8.37. The number of carbonyl (C=O) groups excluding carboxylic acids is 1. The Bertz CT molecular complexity index is 1250. The van der Waals surface area contributed by atoms with Crippen LogP contribution in [0.3, 0.4) is 0 Å². The van der Waals surface area contributed by atoms with Crippen LogP contribution in [-0.2, 0) is 11.2 Å². The minimum atomic E-state index is 0.0803. The first-order chi connectivity index (χ1) is 15.2. The Morgan fingerprint density at radius 1 is 1.16 bits per heavy atom. The summed E-state index contributed by atoms with van der Waals surface area (Å²) in [6, 6.07) is 15.9. The topological polar surface area (TPSA) is 73.1 Å². The van der Waals surface area contributed by atoms with Crippen LogP contribution in [0.25, 0.3) is 16.7 Å². The Labute approximate surface area is 184 Å². The molecule has 2 aromatic carbocycles. The number of anilines is 1. The third-order valence-electron chi connectivity index (χ3n) is 5.45. The van der Waals surface area contributed by atoms with Gasteiger partial charge in [0.2, 0.25) is 5.91 Å². The van der Waals surface area contributed by atoms with Crippen molar-refractivity contribution in [2.75, 3.05) is 17.8 Å². The SMILES string of the molecule is COc1ccc(-n2ncc3c(SCC(=O)N4c5ccccc5C[C@@H]4C)ncnc32)cc1. The van der Waals surface area contributed by atoms with Gasteiger partial charge in [-0.3, -0.25) is 4.79 Å². The molecular weight excluding hydrogens is 410 g/mol. The predicted octanol–water partition coefficient (Wildman–Crippen LogP) is 3.89. The molecule has 156 valence electrons. The minimum absolute atomic E-state index is 0.0803. The fourth-order valence-corrected chi connectivity index (χ4v) is 4.82. The molecule has 5 rings (SSSR count). The quantitative estimate of drug-likeness (QED) is 0.353. The van der Waals surface area contributed by atoms with E-state index in [1.807, 2.05) is 47.4 Å². The van der Waals surface area contributed by atoms with Gasteiger partial charge in [0.25, 0.3) is 0 Å². The van der Waals surface area contributed by atoms with E-state index in [4.69, 9.17) is 4.74 Å². The lowest BCUT2D eigenvalue weighted by Gasteiger charge is -2.22. The van der Waals surface area contributed by atoms with Crippen molar-refractivity contribution < 1.29 is 9.53 Å². The number of amides is 1. The highest BCUT2D eigenvalue weighted by Crippen LogP contribution is 2.33. The first kappa shape index (κ1) is 19.6. The zero-order valence-electron chi connectivity index (χ0n) is 17.2. The van der Waals surface area contributed by atoms with E-state index in [-0.39, 0.29) is 11.9 Å². The number of carbonyl (C=O) groups is 1. The molecular formula is C23H21N5O2S. The summed E-state index contributed by atoms with van der Waals surface area (Å²) < 4.78 is 6.99. The molecule has 8 heteroatoms. The second kappa shape index (κ2) is 8.03. The maximum atomic E-state index is 13.0. The number of methoxy groups -OCH3 is 1. The molecule has 0 unspecified atom stereocenters. The number of rotatable bonds is 5. The van der Waals surface area contributed by atoms with Crippen molar-refractivity contribution in [3.05, 3.63) is 66.6 Å². The molecule has 0 saturated carbocycles. The van der Waals surface area contributed by atoms with Gasteiger partial charge in [-0.05, 0) is 49.2 Å². The summed E-state index contributed by atoms with van der Waals surface area (Å²) in [7, 11) is 1.64. The Hall–Kier alpha value is -3.39. The lowest BCUT2D eigenvalue weighted by atomic mass is 10.1. The molecule has 7 nitrogen and oxygen atoms in total. The summed E-state index contributed by atoms with van der Waals surface area (Å²) in [4.78, 5) is 23.8. The molecule has 0 fully saturated rings. The average Bonchev–Trinajstić information content (AvgIpc) is 3.38. The molecule has 0 aliphatic carbocycles. The van der Waals surface area contributed by atoms with Crippen molar-refractivity contribution >= 4 is 34.4 Å². The van der Waals surface area contributed by atoms with Gasteiger partial charge in [0.1, 0.15) is 17.1 Å². The Balaban J connectivity index is 1.38. The van der Waals surface area contributed by atoms with Gasteiger partial charge in [-0.1, -0.05) is 30.0 Å². The van der Waals surface area contributed by atoms with E-state index >= 15 is 0 Å². The maximum Gasteiger partial charge on any atom is 0.237 e. The molecule has 1 amide bonds. The third-order valence-corrected chi connectivity index (χ3v) is 6.44. The van der Waals surface area contributed by atoms with Crippen molar-refractivity contribution in [2.45, 2.75) is 24.4 Å². The number of nitrogens with zero attached hydrogens (tertiary/aromatic N) is 5. The number of para-hydroxylation sites is 1. The number of ether oxygens (including phenoxy) is 1. The molecule has 0 saturated heterocycles. The summed E-state index contributed by atoms with van der Waals surface area (Å²) in [5, 5.41) is 6.07. The normalized spacial score (nSPS) is 15.3. The van der Waals surface area contributed by atoms with Gasteiger partial charge in [-0.15, -0.1) is 0 Å². The number of benzene rings is 2. The smallest absolute Gasteiger partial charge is 0.237 e. The van der Waals surface area contributed by atoms with Crippen LogP contribution >= 0.6 is 11.8 Å². The van der Waals surface area contributed by atoms with Crippen LogP contribution in [0.5, 0.6) is 5.75 Å². The highest BCUT2D eigenvalue weighted by molar-refractivity contribution is 8.00. The van der Waals surface area contributed by atoms with Crippen LogP contribution in [0.4, 0.5) is 5.69 Å². The molecule has 2 aromatic heterocycles. The van der Waals surface area contributed by atoms with E-state index in [1.165, 1.54) is 23.7 Å². The predicted molar refractivity (Wildman–Crippen MR) is 121 cm³/mol.